The van der Waals surface area contributed by atoms with Crippen molar-refractivity contribution in [3.8, 4) is 0 Å². The van der Waals surface area contributed by atoms with Gasteiger partial charge < -0.3 is 9.84 Å². The third kappa shape index (κ3) is 1.18. The van der Waals surface area contributed by atoms with Gasteiger partial charge in [0.15, 0.2) is 0 Å². The lowest BCUT2D eigenvalue weighted by Crippen LogP contribution is -2.18. The average molecular weight is 142 g/mol. The zero-order valence-corrected chi connectivity index (χ0v) is 6.12. The molecule has 2 aliphatic rings. The number of hydrogen-bond donors (Lipinski definition) is 1. The van der Waals surface area contributed by atoms with Crippen molar-refractivity contribution in [3.63, 3.8) is 0 Å². The smallest absolute Gasteiger partial charge is 0.110 e. The van der Waals surface area contributed by atoms with Crippen molar-refractivity contribution in [2.75, 3.05) is 0 Å². The minimum Gasteiger partial charge on any atom is -0.390 e. The van der Waals surface area contributed by atoms with E-state index in [9.17, 15) is 5.11 Å². The van der Waals surface area contributed by atoms with E-state index in [1.54, 1.807) is 0 Å². The minimum absolute atomic E-state index is 0.162. The summed E-state index contributed by atoms with van der Waals surface area (Å²) in [7, 11) is 0. The Balaban J connectivity index is 1.88. The second-order valence-electron chi connectivity index (χ2n) is 3.34. The molecule has 2 heteroatoms. The maximum Gasteiger partial charge on any atom is 0.110 e. The van der Waals surface area contributed by atoms with E-state index in [1.165, 1.54) is 25.7 Å². The molecule has 3 atom stereocenters. The van der Waals surface area contributed by atoms with Crippen LogP contribution in [0.25, 0.3) is 0 Å². The van der Waals surface area contributed by atoms with E-state index in [0.717, 1.165) is 6.42 Å². The molecular formula is C8H14O2. The normalized spacial score (nSPS) is 47.1. The molecule has 2 nitrogen and oxygen atoms in total. The van der Waals surface area contributed by atoms with E-state index in [1.807, 2.05) is 0 Å². The van der Waals surface area contributed by atoms with Crippen LogP contribution < -0.4 is 0 Å². The summed E-state index contributed by atoms with van der Waals surface area (Å²) >= 11 is 0. The lowest BCUT2D eigenvalue weighted by Gasteiger charge is -2.09. The predicted molar refractivity (Wildman–Crippen MR) is 37.8 cm³/mol. The van der Waals surface area contributed by atoms with Crippen molar-refractivity contribution < 1.29 is 9.84 Å². The highest BCUT2D eigenvalue weighted by Crippen LogP contribution is 2.34. The van der Waals surface area contributed by atoms with E-state index >= 15 is 0 Å². The number of rotatable bonds is 0. The summed E-state index contributed by atoms with van der Waals surface area (Å²) in [5.74, 6) is 0. The number of aliphatic hydroxyl groups excluding tert-OH is 1. The fraction of sp³-hybridized carbons (Fsp3) is 1.00. The summed E-state index contributed by atoms with van der Waals surface area (Å²) in [6.45, 7) is 0. The molecular weight excluding hydrogens is 128 g/mol. The highest BCUT2D eigenvalue weighted by molar-refractivity contribution is 4.91. The summed E-state index contributed by atoms with van der Waals surface area (Å²) < 4.78 is 5.30. The largest absolute Gasteiger partial charge is 0.390 e. The summed E-state index contributed by atoms with van der Waals surface area (Å²) in [6, 6.07) is 0. The van der Waals surface area contributed by atoms with Gasteiger partial charge in [0.1, 0.15) is 6.10 Å². The Hall–Kier alpha value is -0.0800. The van der Waals surface area contributed by atoms with Gasteiger partial charge in [0.2, 0.25) is 0 Å². The van der Waals surface area contributed by atoms with Gasteiger partial charge in [-0.05, 0) is 12.8 Å². The highest BCUT2D eigenvalue weighted by atomic mass is 16.6. The summed E-state index contributed by atoms with van der Waals surface area (Å²) in [5, 5.41) is 9.40. The summed E-state index contributed by atoms with van der Waals surface area (Å²) in [6.07, 6.45) is 6.30. The monoisotopic (exact) mass is 142 g/mol. The SMILES string of the molecule is O[C@H]1CCCCC[C@@H]2O[C@@H]21. The van der Waals surface area contributed by atoms with E-state index in [2.05, 4.69) is 0 Å². The molecule has 0 aromatic carbocycles. The van der Waals surface area contributed by atoms with Gasteiger partial charge in [-0.25, -0.2) is 0 Å². The fourth-order valence-electron chi connectivity index (χ4n) is 1.77. The van der Waals surface area contributed by atoms with Gasteiger partial charge in [-0.15, -0.1) is 0 Å². The highest BCUT2D eigenvalue weighted by Gasteiger charge is 2.43. The minimum atomic E-state index is -0.162. The van der Waals surface area contributed by atoms with Crippen molar-refractivity contribution in [3.05, 3.63) is 0 Å². The number of hydrogen-bond acceptors (Lipinski definition) is 2. The van der Waals surface area contributed by atoms with Crippen LogP contribution in [0.5, 0.6) is 0 Å². The maximum absolute atomic E-state index is 9.40. The lowest BCUT2D eigenvalue weighted by molar-refractivity contribution is 0.124. The van der Waals surface area contributed by atoms with Crippen LogP contribution >= 0.6 is 0 Å². The number of ether oxygens (including phenoxy) is 1. The molecule has 1 heterocycles. The molecule has 0 spiro atoms. The van der Waals surface area contributed by atoms with Gasteiger partial charge in [-0.3, -0.25) is 0 Å². The molecule has 2 rings (SSSR count). The van der Waals surface area contributed by atoms with Gasteiger partial charge in [0, 0.05) is 0 Å². The van der Waals surface area contributed by atoms with Crippen molar-refractivity contribution in [1.82, 2.24) is 0 Å². The van der Waals surface area contributed by atoms with Crippen molar-refractivity contribution >= 4 is 0 Å². The van der Waals surface area contributed by atoms with Gasteiger partial charge >= 0.3 is 0 Å². The molecule has 1 saturated carbocycles. The Morgan fingerprint density at radius 1 is 1.10 bits per heavy atom. The molecule has 1 aliphatic carbocycles. The van der Waals surface area contributed by atoms with E-state index in [0.29, 0.717) is 6.10 Å². The van der Waals surface area contributed by atoms with Crippen molar-refractivity contribution in [1.29, 1.82) is 0 Å². The molecule has 1 aliphatic heterocycles. The molecule has 2 fully saturated rings. The molecule has 1 saturated heterocycles. The Labute approximate surface area is 61.2 Å². The zero-order valence-electron chi connectivity index (χ0n) is 6.12. The number of epoxide rings is 1. The predicted octanol–water partition coefficient (Wildman–Crippen LogP) is 1.08. The van der Waals surface area contributed by atoms with Crippen LogP contribution in [0, 0.1) is 0 Å². The first-order valence-corrected chi connectivity index (χ1v) is 4.21. The average Bonchev–Trinajstić information content (AvgIpc) is 2.62. The van der Waals surface area contributed by atoms with Crippen LogP contribution in [0.1, 0.15) is 32.1 Å². The van der Waals surface area contributed by atoms with E-state index in [-0.39, 0.29) is 12.2 Å². The van der Waals surface area contributed by atoms with Crippen LogP contribution in [0.4, 0.5) is 0 Å². The van der Waals surface area contributed by atoms with Gasteiger partial charge in [0.25, 0.3) is 0 Å². The van der Waals surface area contributed by atoms with Crippen LogP contribution in [-0.4, -0.2) is 23.4 Å². The van der Waals surface area contributed by atoms with Crippen LogP contribution in [0.2, 0.25) is 0 Å². The Morgan fingerprint density at radius 3 is 2.80 bits per heavy atom. The number of aliphatic hydroxyl groups is 1. The Kier molecular flexibility index (Phi) is 1.66. The molecule has 0 bridgehead atoms. The van der Waals surface area contributed by atoms with Crippen LogP contribution in [0.3, 0.4) is 0 Å². The topological polar surface area (TPSA) is 32.8 Å². The van der Waals surface area contributed by atoms with Crippen LogP contribution in [0.15, 0.2) is 0 Å². The van der Waals surface area contributed by atoms with Crippen molar-refractivity contribution in [2.24, 2.45) is 0 Å². The van der Waals surface area contributed by atoms with Gasteiger partial charge in [-0.1, -0.05) is 19.3 Å². The Morgan fingerprint density at radius 2 is 1.90 bits per heavy atom. The number of fused-ring (bicyclic) bond motifs is 1. The molecule has 58 valence electrons. The summed E-state index contributed by atoms with van der Waals surface area (Å²) in [5.41, 5.74) is 0. The fourth-order valence-corrected chi connectivity index (χ4v) is 1.77. The molecule has 0 radical (unpaired) electrons. The molecule has 10 heavy (non-hydrogen) atoms. The van der Waals surface area contributed by atoms with Gasteiger partial charge in [-0.2, -0.15) is 0 Å². The first-order valence-electron chi connectivity index (χ1n) is 4.21. The quantitative estimate of drug-likeness (QED) is 0.513. The van der Waals surface area contributed by atoms with E-state index < -0.39 is 0 Å². The maximum atomic E-state index is 9.40. The Bertz CT molecular complexity index is 124. The summed E-state index contributed by atoms with van der Waals surface area (Å²) in [4.78, 5) is 0. The second kappa shape index (κ2) is 2.51. The molecule has 0 unspecified atom stereocenters. The molecule has 0 amide bonds. The molecule has 1 N–H and O–H groups in total. The zero-order chi connectivity index (χ0) is 6.97. The second-order valence-corrected chi connectivity index (χ2v) is 3.34. The van der Waals surface area contributed by atoms with Crippen molar-refractivity contribution in [2.45, 2.75) is 50.4 Å². The standard InChI is InChI=1S/C8H14O2/c9-6-4-2-1-3-5-7-8(6)10-7/h6-9H,1-5H2/t6-,7-,8+/m0/s1. The third-order valence-corrected chi connectivity index (χ3v) is 2.49. The van der Waals surface area contributed by atoms with E-state index in [4.69, 9.17) is 4.74 Å². The molecule has 0 aromatic rings. The lowest BCUT2D eigenvalue weighted by atomic mass is 9.99. The first kappa shape index (κ1) is 6.62. The molecule has 0 aromatic heterocycles. The van der Waals surface area contributed by atoms with Crippen LogP contribution in [-0.2, 0) is 4.74 Å². The first-order chi connectivity index (χ1) is 4.88. The van der Waals surface area contributed by atoms with Gasteiger partial charge in [0.05, 0.1) is 12.2 Å². The third-order valence-electron chi connectivity index (χ3n) is 2.49.